The quantitative estimate of drug-likeness (QED) is 0.779. The molecule has 2 aliphatic carbocycles. The van der Waals surface area contributed by atoms with Gasteiger partial charge in [-0.25, -0.2) is 0 Å². The van der Waals surface area contributed by atoms with Crippen LogP contribution in [-0.4, -0.2) is 18.7 Å². The van der Waals surface area contributed by atoms with Gasteiger partial charge >= 0.3 is 0 Å². The highest BCUT2D eigenvalue weighted by Crippen LogP contribution is 2.45. The Labute approximate surface area is 98.4 Å². The summed E-state index contributed by atoms with van der Waals surface area (Å²) < 4.78 is 30.2. The molecule has 2 fully saturated rings. The first kappa shape index (κ1) is 12.4. The Morgan fingerprint density at radius 1 is 1.06 bits per heavy atom. The highest BCUT2D eigenvalue weighted by atomic mass is 32.2. The fourth-order valence-corrected chi connectivity index (χ4v) is 4.50. The minimum Gasteiger partial charge on any atom is -0.286 e. The monoisotopic (exact) mass is 246 g/mol. The summed E-state index contributed by atoms with van der Waals surface area (Å²) in [4.78, 5) is 0. The van der Waals surface area contributed by atoms with E-state index in [4.69, 9.17) is 4.55 Å². The van der Waals surface area contributed by atoms with Gasteiger partial charge in [-0.05, 0) is 62.2 Å². The van der Waals surface area contributed by atoms with Gasteiger partial charge in [0.2, 0.25) is 0 Å². The van der Waals surface area contributed by atoms with Crippen LogP contribution < -0.4 is 0 Å². The van der Waals surface area contributed by atoms with Crippen LogP contribution >= 0.6 is 0 Å². The molecule has 1 N–H and O–H groups in total. The SMILES string of the molecule is CC1CC2CC(CCS(=O)(=O)O)CC(C1)C2. The lowest BCUT2D eigenvalue weighted by Gasteiger charge is -2.41. The Hall–Kier alpha value is -0.0900. The molecule has 0 aromatic carbocycles. The summed E-state index contributed by atoms with van der Waals surface area (Å²) in [6.45, 7) is 2.33. The van der Waals surface area contributed by atoms with Gasteiger partial charge in [0.05, 0.1) is 5.75 Å². The van der Waals surface area contributed by atoms with Crippen molar-refractivity contribution in [2.75, 3.05) is 5.75 Å². The number of hydrogen-bond acceptors (Lipinski definition) is 2. The van der Waals surface area contributed by atoms with E-state index in [0.29, 0.717) is 12.3 Å². The molecule has 0 amide bonds. The zero-order valence-electron chi connectivity index (χ0n) is 9.93. The molecule has 0 heterocycles. The molecule has 2 aliphatic rings. The summed E-state index contributed by atoms with van der Waals surface area (Å²) >= 11 is 0. The first-order valence-corrected chi connectivity index (χ1v) is 7.98. The van der Waals surface area contributed by atoms with Crippen LogP contribution in [0.25, 0.3) is 0 Å². The molecule has 0 spiro atoms. The summed E-state index contributed by atoms with van der Waals surface area (Å²) in [6.07, 6.45) is 7.00. The molecule has 2 atom stereocenters. The van der Waals surface area contributed by atoms with Gasteiger partial charge in [-0.1, -0.05) is 6.92 Å². The molecule has 0 radical (unpaired) electrons. The number of rotatable bonds is 3. The van der Waals surface area contributed by atoms with Gasteiger partial charge in [0, 0.05) is 0 Å². The lowest BCUT2D eigenvalue weighted by molar-refractivity contribution is 0.102. The van der Waals surface area contributed by atoms with E-state index < -0.39 is 10.1 Å². The summed E-state index contributed by atoms with van der Waals surface area (Å²) in [6, 6.07) is 0. The standard InChI is InChI=1S/C12H22O3S/c1-9-4-11-6-10(2-3-16(13,14)15)7-12(5-9)8-11/h9-12H,2-8H2,1H3,(H,13,14,15). The van der Waals surface area contributed by atoms with E-state index in [-0.39, 0.29) is 5.75 Å². The van der Waals surface area contributed by atoms with E-state index in [1.807, 2.05) is 0 Å². The second-order valence-corrected chi connectivity index (χ2v) is 7.53. The van der Waals surface area contributed by atoms with Crippen LogP contribution in [0.15, 0.2) is 0 Å². The maximum absolute atomic E-state index is 10.7. The average Bonchev–Trinajstić information content (AvgIpc) is 2.11. The predicted octanol–water partition coefficient (Wildman–Crippen LogP) is 2.73. The third kappa shape index (κ3) is 3.45. The summed E-state index contributed by atoms with van der Waals surface area (Å²) in [5, 5.41) is 0. The van der Waals surface area contributed by atoms with Gasteiger partial charge in [0.15, 0.2) is 0 Å². The Kier molecular flexibility index (Phi) is 3.59. The van der Waals surface area contributed by atoms with Gasteiger partial charge < -0.3 is 0 Å². The smallest absolute Gasteiger partial charge is 0.264 e. The maximum Gasteiger partial charge on any atom is 0.264 e. The van der Waals surface area contributed by atoms with E-state index in [0.717, 1.165) is 17.8 Å². The van der Waals surface area contributed by atoms with Crippen LogP contribution in [-0.2, 0) is 10.1 Å². The first-order chi connectivity index (χ1) is 7.42. The maximum atomic E-state index is 10.7. The molecule has 3 nitrogen and oxygen atoms in total. The van der Waals surface area contributed by atoms with E-state index in [1.54, 1.807) is 0 Å². The van der Waals surface area contributed by atoms with Crippen molar-refractivity contribution in [1.82, 2.24) is 0 Å². The molecule has 0 saturated heterocycles. The van der Waals surface area contributed by atoms with Gasteiger partial charge in [-0.2, -0.15) is 8.42 Å². The highest BCUT2D eigenvalue weighted by molar-refractivity contribution is 7.85. The second kappa shape index (κ2) is 4.65. The van der Waals surface area contributed by atoms with Crippen molar-refractivity contribution in [2.24, 2.45) is 23.7 Å². The van der Waals surface area contributed by atoms with Crippen molar-refractivity contribution in [3.8, 4) is 0 Å². The minimum absolute atomic E-state index is 0.0489. The summed E-state index contributed by atoms with van der Waals surface area (Å²) in [5.74, 6) is 2.96. The van der Waals surface area contributed by atoms with Gasteiger partial charge in [-0.3, -0.25) is 4.55 Å². The minimum atomic E-state index is -3.76. The third-order valence-electron chi connectivity index (χ3n) is 4.26. The molecule has 16 heavy (non-hydrogen) atoms. The van der Waals surface area contributed by atoms with E-state index in [1.165, 1.54) is 32.1 Å². The zero-order valence-corrected chi connectivity index (χ0v) is 10.7. The van der Waals surface area contributed by atoms with Crippen LogP contribution in [0.3, 0.4) is 0 Å². The van der Waals surface area contributed by atoms with Crippen molar-refractivity contribution < 1.29 is 13.0 Å². The van der Waals surface area contributed by atoms with Crippen LogP contribution in [0, 0.1) is 23.7 Å². The predicted molar refractivity (Wildman–Crippen MR) is 63.8 cm³/mol. The van der Waals surface area contributed by atoms with Crippen molar-refractivity contribution in [3.63, 3.8) is 0 Å². The highest BCUT2D eigenvalue weighted by Gasteiger charge is 2.34. The Morgan fingerprint density at radius 2 is 1.62 bits per heavy atom. The normalized spacial score (nSPS) is 39.6. The van der Waals surface area contributed by atoms with E-state index >= 15 is 0 Å². The van der Waals surface area contributed by atoms with Gasteiger partial charge in [-0.15, -0.1) is 0 Å². The second-order valence-electron chi connectivity index (χ2n) is 5.96. The van der Waals surface area contributed by atoms with E-state index in [9.17, 15) is 8.42 Å². The lowest BCUT2D eigenvalue weighted by Crippen LogP contribution is -2.31. The van der Waals surface area contributed by atoms with Crippen molar-refractivity contribution in [2.45, 2.75) is 45.4 Å². The molecule has 94 valence electrons. The fraction of sp³-hybridized carbons (Fsp3) is 1.00. The molecular formula is C12H22O3S. The Bertz CT molecular complexity index is 318. The molecule has 2 rings (SSSR count). The average molecular weight is 246 g/mol. The van der Waals surface area contributed by atoms with Crippen LogP contribution in [0.2, 0.25) is 0 Å². The molecule has 0 aromatic heterocycles. The van der Waals surface area contributed by atoms with E-state index in [2.05, 4.69) is 6.92 Å². The van der Waals surface area contributed by atoms with Gasteiger partial charge in [0.25, 0.3) is 10.1 Å². The molecule has 0 aliphatic heterocycles. The molecule has 2 bridgehead atoms. The molecular weight excluding hydrogens is 224 g/mol. The first-order valence-electron chi connectivity index (χ1n) is 6.37. The molecule has 0 aromatic rings. The van der Waals surface area contributed by atoms with Crippen molar-refractivity contribution >= 4 is 10.1 Å². The van der Waals surface area contributed by atoms with Crippen LogP contribution in [0.5, 0.6) is 0 Å². The van der Waals surface area contributed by atoms with Crippen molar-refractivity contribution in [1.29, 1.82) is 0 Å². The summed E-state index contributed by atoms with van der Waals surface area (Å²) in [5.41, 5.74) is 0. The fourth-order valence-electron chi connectivity index (χ4n) is 3.87. The summed E-state index contributed by atoms with van der Waals surface area (Å²) in [7, 11) is -3.76. The Morgan fingerprint density at radius 3 is 2.12 bits per heavy atom. The van der Waals surface area contributed by atoms with Crippen molar-refractivity contribution in [3.05, 3.63) is 0 Å². The van der Waals surface area contributed by atoms with Crippen LogP contribution in [0.1, 0.15) is 45.4 Å². The molecule has 2 unspecified atom stereocenters. The number of hydrogen-bond donors (Lipinski definition) is 1. The third-order valence-corrected chi connectivity index (χ3v) is 5.01. The molecule has 4 heteroatoms. The lowest BCUT2D eigenvalue weighted by atomic mass is 9.64. The van der Waals surface area contributed by atoms with Crippen LogP contribution in [0.4, 0.5) is 0 Å². The number of fused-ring (bicyclic) bond motifs is 2. The topological polar surface area (TPSA) is 54.4 Å². The Balaban J connectivity index is 1.86. The van der Waals surface area contributed by atoms with Gasteiger partial charge in [0.1, 0.15) is 0 Å². The molecule has 2 saturated carbocycles. The largest absolute Gasteiger partial charge is 0.286 e. The zero-order chi connectivity index (χ0) is 11.8.